The van der Waals surface area contributed by atoms with Crippen molar-refractivity contribution in [1.29, 1.82) is 0 Å². The first-order valence-electron chi connectivity index (χ1n) is 6.52. The van der Waals surface area contributed by atoms with Crippen LogP contribution in [0.1, 0.15) is 21.8 Å². The summed E-state index contributed by atoms with van der Waals surface area (Å²) in [6.07, 6.45) is 0. The fourth-order valence-corrected chi connectivity index (χ4v) is 2.58. The Balaban J connectivity index is 1.74. The van der Waals surface area contributed by atoms with Gasteiger partial charge in [0.1, 0.15) is 5.52 Å². The van der Waals surface area contributed by atoms with Gasteiger partial charge < -0.3 is 9.73 Å². The maximum atomic E-state index is 12.1. The fourth-order valence-electron chi connectivity index (χ4n) is 2.12. The molecule has 0 aliphatic carbocycles. The summed E-state index contributed by atoms with van der Waals surface area (Å²) in [5.74, 6) is 0.524. The molecular formula is C16H13BrN2O2. The number of halogens is 1. The Labute approximate surface area is 130 Å². The molecule has 5 heteroatoms. The lowest BCUT2D eigenvalue weighted by molar-refractivity contribution is 0.0950. The number of aryl methyl sites for hydroxylation is 1. The molecule has 1 heterocycles. The van der Waals surface area contributed by atoms with E-state index in [1.807, 2.05) is 43.3 Å². The van der Waals surface area contributed by atoms with Gasteiger partial charge in [0.05, 0.1) is 5.56 Å². The van der Waals surface area contributed by atoms with Crippen LogP contribution in [0, 0.1) is 6.92 Å². The van der Waals surface area contributed by atoms with Crippen LogP contribution in [0.2, 0.25) is 0 Å². The van der Waals surface area contributed by atoms with E-state index in [2.05, 4.69) is 26.2 Å². The smallest absolute Gasteiger partial charge is 0.252 e. The van der Waals surface area contributed by atoms with Crippen LogP contribution < -0.4 is 5.32 Å². The lowest BCUT2D eigenvalue weighted by Crippen LogP contribution is -2.23. The molecule has 1 aromatic heterocycles. The van der Waals surface area contributed by atoms with Gasteiger partial charge in [-0.15, -0.1) is 0 Å². The standard InChI is InChI=1S/C16H13BrN2O2/c1-10-19-14-7-6-11(8-15(14)21-10)9-18-16(20)12-4-2-3-5-13(12)17/h2-8H,9H2,1H3,(H,18,20). The van der Waals surface area contributed by atoms with E-state index in [0.29, 0.717) is 18.0 Å². The van der Waals surface area contributed by atoms with Gasteiger partial charge in [0, 0.05) is 17.9 Å². The topological polar surface area (TPSA) is 55.1 Å². The molecule has 0 atom stereocenters. The Morgan fingerprint density at radius 2 is 2.10 bits per heavy atom. The largest absolute Gasteiger partial charge is 0.441 e. The van der Waals surface area contributed by atoms with E-state index >= 15 is 0 Å². The molecule has 3 rings (SSSR count). The van der Waals surface area contributed by atoms with E-state index in [1.165, 1.54) is 0 Å². The molecule has 4 nitrogen and oxygen atoms in total. The number of carbonyl (C=O) groups is 1. The van der Waals surface area contributed by atoms with E-state index in [-0.39, 0.29) is 5.91 Å². The maximum absolute atomic E-state index is 12.1. The summed E-state index contributed by atoms with van der Waals surface area (Å²) >= 11 is 3.37. The number of aromatic nitrogens is 1. The number of hydrogen-bond acceptors (Lipinski definition) is 3. The van der Waals surface area contributed by atoms with Crippen molar-refractivity contribution in [3.05, 3.63) is 64.0 Å². The van der Waals surface area contributed by atoms with E-state index in [1.54, 1.807) is 6.07 Å². The first-order valence-corrected chi connectivity index (χ1v) is 7.31. The van der Waals surface area contributed by atoms with Crippen molar-refractivity contribution < 1.29 is 9.21 Å². The first kappa shape index (κ1) is 13.8. The van der Waals surface area contributed by atoms with Crippen molar-refractivity contribution in [1.82, 2.24) is 10.3 Å². The summed E-state index contributed by atoms with van der Waals surface area (Å²) in [5.41, 5.74) is 3.15. The summed E-state index contributed by atoms with van der Waals surface area (Å²) in [5, 5.41) is 2.90. The molecule has 0 saturated carbocycles. The van der Waals surface area contributed by atoms with E-state index in [9.17, 15) is 4.79 Å². The van der Waals surface area contributed by atoms with Crippen LogP contribution in [0.3, 0.4) is 0 Å². The highest BCUT2D eigenvalue weighted by Crippen LogP contribution is 2.18. The van der Waals surface area contributed by atoms with Crippen LogP contribution in [0.25, 0.3) is 11.1 Å². The third-order valence-corrected chi connectivity index (χ3v) is 3.82. The Morgan fingerprint density at radius 1 is 1.29 bits per heavy atom. The number of fused-ring (bicyclic) bond motifs is 1. The van der Waals surface area contributed by atoms with Gasteiger partial charge in [-0.3, -0.25) is 4.79 Å². The number of carbonyl (C=O) groups excluding carboxylic acids is 1. The number of benzene rings is 2. The summed E-state index contributed by atoms with van der Waals surface area (Å²) in [4.78, 5) is 16.4. The van der Waals surface area contributed by atoms with Crippen molar-refractivity contribution in [2.24, 2.45) is 0 Å². The van der Waals surface area contributed by atoms with Crippen molar-refractivity contribution in [3.8, 4) is 0 Å². The van der Waals surface area contributed by atoms with Crippen molar-refractivity contribution in [2.75, 3.05) is 0 Å². The normalized spacial score (nSPS) is 10.8. The fraction of sp³-hybridized carbons (Fsp3) is 0.125. The Morgan fingerprint density at radius 3 is 2.90 bits per heavy atom. The van der Waals surface area contributed by atoms with Gasteiger partial charge in [0.25, 0.3) is 5.91 Å². The van der Waals surface area contributed by atoms with E-state index in [0.717, 1.165) is 21.1 Å². The zero-order valence-electron chi connectivity index (χ0n) is 11.4. The second-order valence-corrected chi connectivity index (χ2v) is 5.55. The lowest BCUT2D eigenvalue weighted by atomic mass is 10.2. The van der Waals surface area contributed by atoms with Gasteiger partial charge in [-0.2, -0.15) is 0 Å². The molecule has 3 aromatic rings. The van der Waals surface area contributed by atoms with Crippen molar-refractivity contribution in [2.45, 2.75) is 13.5 Å². The third kappa shape index (κ3) is 2.97. The minimum absolute atomic E-state index is 0.115. The predicted molar refractivity (Wildman–Crippen MR) is 84.1 cm³/mol. The third-order valence-electron chi connectivity index (χ3n) is 3.13. The molecule has 21 heavy (non-hydrogen) atoms. The second kappa shape index (κ2) is 5.69. The summed E-state index contributed by atoms with van der Waals surface area (Å²) in [6.45, 7) is 2.25. The van der Waals surface area contributed by atoms with Crippen LogP contribution >= 0.6 is 15.9 Å². The lowest BCUT2D eigenvalue weighted by Gasteiger charge is -2.06. The molecule has 0 unspecified atom stereocenters. The van der Waals surface area contributed by atoms with Crippen LogP contribution in [-0.2, 0) is 6.54 Å². The molecule has 0 fully saturated rings. The molecule has 2 aromatic carbocycles. The first-order chi connectivity index (χ1) is 10.1. The molecular weight excluding hydrogens is 332 g/mol. The molecule has 106 valence electrons. The number of rotatable bonds is 3. The predicted octanol–water partition coefficient (Wildman–Crippen LogP) is 3.83. The second-order valence-electron chi connectivity index (χ2n) is 4.70. The number of nitrogens with one attached hydrogen (secondary N) is 1. The Kier molecular flexibility index (Phi) is 3.75. The van der Waals surface area contributed by atoms with E-state index in [4.69, 9.17) is 4.42 Å². The van der Waals surface area contributed by atoms with Crippen molar-refractivity contribution >= 4 is 32.9 Å². The SMILES string of the molecule is Cc1nc2ccc(CNC(=O)c3ccccc3Br)cc2o1. The van der Waals surface area contributed by atoms with Gasteiger partial charge in [-0.05, 0) is 45.8 Å². The summed E-state index contributed by atoms with van der Waals surface area (Å²) in [6, 6.07) is 13.1. The van der Waals surface area contributed by atoms with Crippen LogP contribution in [0.5, 0.6) is 0 Å². The number of amides is 1. The molecule has 0 spiro atoms. The molecule has 0 radical (unpaired) electrons. The zero-order valence-corrected chi connectivity index (χ0v) is 13.0. The molecule has 0 saturated heterocycles. The number of hydrogen-bond donors (Lipinski definition) is 1. The van der Waals surface area contributed by atoms with E-state index < -0.39 is 0 Å². The minimum Gasteiger partial charge on any atom is -0.441 e. The maximum Gasteiger partial charge on any atom is 0.252 e. The molecule has 0 bridgehead atoms. The number of nitrogens with zero attached hydrogens (tertiary/aromatic N) is 1. The molecule has 0 aliphatic rings. The Hall–Kier alpha value is -2.14. The highest BCUT2D eigenvalue weighted by molar-refractivity contribution is 9.10. The van der Waals surface area contributed by atoms with Crippen LogP contribution in [0.4, 0.5) is 0 Å². The van der Waals surface area contributed by atoms with Crippen molar-refractivity contribution in [3.63, 3.8) is 0 Å². The average molecular weight is 345 g/mol. The minimum atomic E-state index is -0.115. The average Bonchev–Trinajstić information content (AvgIpc) is 2.84. The van der Waals surface area contributed by atoms with Gasteiger partial charge in [0.15, 0.2) is 11.5 Å². The highest BCUT2D eigenvalue weighted by atomic mass is 79.9. The zero-order chi connectivity index (χ0) is 14.8. The molecule has 0 aliphatic heterocycles. The highest BCUT2D eigenvalue weighted by Gasteiger charge is 2.09. The monoisotopic (exact) mass is 344 g/mol. The quantitative estimate of drug-likeness (QED) is 0.785. The van der Waals surface area contributed by atoms with Crippen LogP contribution in [0.15, 0.2) is 51.4 Å². The molecule has 1 amide bonds. The number of oxazole rings is 1. The van der Waals surface area contributed by atoms with Crippen LogP contribution in [-0.4, -0.2) is 10.9 Å². The molecule has 1 N–H and O–H groups in total. The van der Waals surface area contributed by atoms with Gasteiger partial charge in [0.2, 0.25) is 0 Å². The summed E-state index contributed by atoms with van der Waals surface area (Å²) < 4.78 is 6.27. The van der Waals surface area contributed by atoms with Gasteiger partial charge in [-0.25, -0.2) is 4.98 Å². The van der Waals surface area contributed by atoms with Gasteiger partial charge >= 0.3 is 0 Å². The van der Waals surface area contributed by atoms with Gasteiger partial charge in [-0.1, -0.05) is 18.2 Å². The Bertz CT molecular complexity index is 811. The summed E-state index contributed by atoms with van der Waals surface area (Å²) in [7, 11) is 0.